The summed E-state index contributed by atoms with van der Waals surface area (Å²) in [7, 11) is -4.22. The number of para-hydroxylation sites is 1. The summed E-state index contributed by atoms with van der Waals surface area (Å²) in [4.78, 5) is -0.602. The van der Waals surface area contributed by atoms with Crippen LogP contribution in [-0.2, 0) is 10.0 Å². The molecule has 0 saturated carbocycles. The Balaban J connectivity index is 2.35. The lowest BCUT2D eigenvalue weighted by molar-refractivity contribution is -0.275. The molecule has 0 aromatic heterocycles. The third-order valence-electron chi connectivity index (χ3n) is 2.46. The van der Waals surface area contributed by atoms with Gasteiger partial charge in [-0.3, -0.25) is 4.72 Å². The Kier molecular flexibility index (Phi) is 4.66. The van der Waals surface area contributed by atoms with Gasteiger partial charge in [0.25, 0.3) is 10.0 Å². The van der Waals surface area contributed by atoms with Crippen LogP contribution in [0.25, 0.3) is 0 Å². The molecule has 1 N–H and O–H groups in total. The number of hydrogen-bond donors (Lipinski definition) is 1. The van der Waals surface area contributed by atoms with E-state index in [9.17, 15) is 21.6 Å². The molecule has 118 valence electrons. The highest BCUT2D eigenvalue weighted by molar-refractivity contribution is 9.10. The smallest absolute Gasteiger partial charge is 0.404 e. The first kappa shape index (κ1) is 16.6. The van der Waals surface area contributed by atoms with Gasteiger partial charge >= 0.3 is 6.36 Å². The van der Waals surface area contributed by atoms with E-state index < -0.39 is 27.0 Å². The van der Waals surface area contributed by atoms with E-state index in [1.165, 1.54) is 24.3 Å². The van der Waals surface area contributed by atoms with Crippen molar-refractivity contribution in [1.29, 1.82) is 0 Å². The second kappa shape index (κ2) is 6.17. The molecule has 0 aliphatic heterocycles. The van der Waals surface area contributed by atoms with Crippen molar-refractivity contribution in [1.82, 2.24) is 0 Å². The van der Waals surface area contributed by atoms with E-state index >= 15 is 0 Å². The van der Waals surface area contributed by atoms with Gasteiger partial charge in [0.05, 0.1) is 0 Å². The van der Waals surface area contributed by atoms with Gasteiger partial charge in [0.1, 0.15) is 10.6 Å². The van der Waals surface area contributed by atoms with Crippen LogP contribution in [0.2, 0.25) is 0 Å². The second-order valence-electron chi connectivity index (χ2n) is 4.11. The Labute approximate surface area is 133 Å². The molecule has 9 heteroatoms. The molecule has 0 bridgehead atoms. The molecule has 0 aliphatic carbocycles. The first-order chi connectivity index (χ1) is 10.2. The molecule has 2 aromatic rings. The van der Waals surface area contributed by atoms with Crippen LogP contribution in [0.1, 0.15) is 0 Å². The third kappa shape index (κ3) is 4.38. The number of nitrogens with one attached hydrogen (secondary N) is 1. The largest absolute Gasteiger partial charge is 0.573 e. The van der Waals surface area contributed by atoms with Crippen LogP contribution in [0.3, 0.4) is 0 Å². The standard InChI is InChI=1S/C13H9BrF3NO3S/c14-9-5-7-10(8-6-9)18-22(19,20)12-4-2-1-3-11(12)21-13(15,16)17/h1-8,18H. The summed E-state index contributed by atoms with van der Waals surface area (Å²) in [6.07, 6.45) is -4.98. The highest BCUT2D eigenvalue weighted by Crippen LogP contribution is 2.30. The highest BCUT2D eigenvalue weighted by Gasteiger charge is 2.34. The number of halogens is 4. The summed E-state index contributed by atoms with van der Waals surface area (Å²) in [5.74, 6) is -0.792. The van der Waals surface area contributed by atoms with Crippen LogP contribution in [0.4, 0.5) is 18.9 Å². The van der Waals surface area contributed by atoms with Gasteiger partial charge in [0.15, 0.2) is 0 Å². The number of anilines is 1. The Bertz CT molecular complexity index is 761. The predicted octanol–water partition coefficient (Wildman–Crippen LogP) is 4.15. The van der Waals surface area contributed by atoms with Crippen molar-refractivity contribution in [3.05, 3.63) is 53.0 Å². The Hall–Kier alpha value is -1.74. The van der Waals surface area contributed by atoms with Crippen LogP contribution >= 0.6 is 15.9 Å². The van der Waals surface area contributed by atoms with E-state index in [2.05, 4.69) is 25.4 Å². The fraction of sp³-hybridized carbons (Fsp3) is 0.0769. The lowest BCUT2D eigenvalue weighted by Gasteiger charge is -2.14. The molecule has 2 aromatic carbocycles. The van der Waals surface area contributed by atoms with E-state index in [-0.39, 0.29) is 5.69 Å². The van der Waals surface area contributed by atoms with Crippen molar-refractivity contribution >= 4 is 31.6 Å². The molecule has 0 heterocycles. The molecule has 22 heavy (non-hydrogen) atoms. The summed E-state index contributed by atoms with van der Waals surface area (Å²) >= 11 is 3.19. The normalized spacial score (nSPS) is 12.0. The molecule has 0 amide bonds. The topological polar surface area (TPSA) is 55.4 Å². The van der Waals surface area contributed by atoms with Crippen LogP contribution in [0.15, 0.2) is 57.9 Å². The SMILES string of the molecule is O=S(=O)(Nc1ccc(Br)cc1)c1ccccc1OC(F)(F)F. The molecule has 0 saturated heterocycles. The zero-order valence-electron chi connectivity index (χ0n) is 10.8. The van der Waals surface area contributed by atoms with Gasteiger partial charge in [-0.2, -0.15) is 0 Å². The summed E-state index contributed by atoms with van der Waals surface area (Å²) < 4.78 is 68.1. The second-order valence-corrected chi connectivity index (χ2v) is 6.67. The highest BCUT2D eigenvalue weighted by atomic mass is 79.9. The number of alkyl halides is 3. The van der Waals surface area contributed by atoms with Gasteiger partial charge in [-0.15, -0.1) is 13.2 Å². The van der Waals surface area contributed by atoms with Gasteiger partial charge in [0.2, 0.25) is 0 Å². The molecule has 0 spiro atoms. The maximum Gasteiger partial charge on any atom is 0.573 e. The van der Waals surface area contributed by atoms with Crippen LogP contribution in [-0.4, -0.2) is 14.8 Å². The van der Waals surface area contributed by atoms with E-state index in [1.54, 1.807) is 12.1 Å². The maximum absolute atomic E-state index is 12.3. The molecule has 0 fully saturated rings. The number of sulfonamides is 1. The first-order valence-electron chi connectivity index (χ1n) is 5.80. The third-order valence-corrected chi connectivity index (χ3v) is 4.41. The van der Waals surface area contributed by atoms with Gasteiger partial charge in [0, 0.05) is 10.2 Å². The zero-order chi connectivity index (χ0) is 16.4. The van der Waals surface area contributed by atoms with Crippen molar-refractivity contribution in [3.8, 4) is 5.75 Å². The van der Waals surface area contributed by atoms with E-state index in [0.717, 1.165) is 16.6 Å². The fourth-order valence-electron chi connectivity index (χ4n) is 1.61. The van der Waals surface area contributed by atoms with Crippen molar-refractivity contribution in [2.45, 2.75) is 11.3 Å². The van der Waals surface area contributed by atoms with Crippen molar-refractivity contribution < 1.29 is 26.3 Å². The molecule has 0 atom stereocenters. The van der Waals surface area contributed by atoms with Crippen LogP contribution in [0.5, 0.6) is 5.75 Å². The molecule has 0 aliphatic rings. The summed E-state index contributed by atoms with van der Waals surface area (Å²) in [5.41, 5.74) is 0.213. The van der Waals surface area contributed by atoms with Gasteiger partial charge in [-0.25, -0.2) is 8.42 Å². The number of benzene rings is 2. The Morgan fingerprint density at radius 3 is 2.18 bits per heavy atom. The molecule has 4 nitrogen and oxygen atoms in total. The average Bonchev–Trinajstić information content (AvgIpc) is 2.40. The number of hydrogen-bond acceptors (Lipinski definition) is 3. The number of rotatable bonds is 4. The summed E-state index contributed by atoms with van der Waals surface area (Å²) in [6.45, 7) is 0. The monoisotopic (exact) mass is 395 g/mol. The molecular weight excluding hydrogens is 387 g/mol. The number of ether oxygens (including phenoxy) is 1. The fourth-order valence-corrected chi connectivity index (χ4v) is 3.06. The summed E-state index contributed by atoms with van der Waals surface area (Å²) in [5, 5.41) is 0. The van der Waals surface area contributed by atoms with Crippen LogP contribution < -0.4 is 9.46 Å². The minimum Gasteiger partial charge on any atom is -0.404 e. The molecule has 0 unspecified atom stereocenters. The lowest BCUT2D eigenvalue weighted by atomic mass is 10.3. The quantitative estimate of drug-likeness (QED) is 0.845. The van der Waals surface area contributed by atoms with Crippen molar-refractivity contribution in [2.24, 2.45) is 0 Å². The average molecular weight is 396 g/mol. The first-order valence-corrected chi connectivity index (χ1v) is 8.08. The van der Waals surface area contributed by atoms with Crippen molar-refractivity contribution in [3.63, 3.8) is 0 Å². The zero-order valence-corrected chi connectivity index (χ0v) is 13.2. The Morgan fingerprint density at radius 1 is 1.00 bits per heavy atom. The van der Waals surface area contributed by atoms with Gasteiger partial charge < -0.3 is 4.74 Å². The summed E-state index contributed by atoms with van der Waals surface area (Å²) in [6, 6.07) is 10.6. The van der Waals surface area contributed by atoms with Gasteiger partial charge in [-0.05, 0) is 36.4 Å². The predicted molar refractivity (Wildman–Crippen MR) is 78.1 cm³/mol. The van der Waals surface area contributed by atoms with Crippen molar-refractivity contribution in [2.75, 3.05) is 4.72 Å². The van der Waals surface area contributed by atoms with E-state index in [0.29, 0.717) is 0 Å². The van der Waals surface area contributed by atoms with Crippen LogP contribution in [0, 0.1) is 0 Å². The minimum atomic E-state index is -4.98. The van der Waals surface area contributed by atoms with Gasteiger partial charge in [-0.1, -0.05) is 28.1 Å². The maximum atomic E-state index is 12.3. The minimum absolute atomic E-state index is 0.213. The molecular formula is C13H9BrF3NO3S. The molecule has 2 rings (SSSR count). The van der Waals surface area contributed by atoms with E-state index in [1.807, 2.05) is 0 Å². The molecule has 0 radical (unpaired) electrons. The lowest BCUT2D eigenvalue weighted by Crippen LogP contribution is -2.20. The Morgan fingerprint density at radius 2 is 1.59 bits per heavy atom. The van der Waals surface area contributed by atoms with E-state index in [4.69, 9.17) is 0 Å².